The second kappa shape index (κ2) is 6.83. The van der Waals surface area contributed by atoms with Crippen LogP contribution in [0.1, 0.15) is 23.0 Å². The Morgan fingerprint density at radius 3 is 2.76 bits per heavy atom. The molecule has 1 unspecified atom stereocenters. The molecule has 0 aliphatic carbocycles. The predicted molar refractivity (Wildman–Crippen MR) is 86.1 cm³/mol. The fourth-order valence-corrected chi connectivity index (χ4v) is 2.34. The molecule has 1 atom stereocenters. The Hall–Kier alpha value is -1.72. The Morgan fingerprint density at radius 2 is 2.14 bits per heavy atom. The van der Waals surface area contributed by atoms with Gasteiger partial charge in [-0.05, 0) is 38.1 Å². The number of nitrogens with zero attached hydrogens (tertiary/aromatic N) is 1. The Morgan fingerprint density at radius 1 is 1.38 bits per heavy atom. The van der Waals surface area contributed by atoms with Gasteiger partial charge in [-0.25, -0.2) is 0 Å². The van der Waals surface area contributed by atoms with Crippen molar-refractivity contribution in [2.24, 2.45) is 0 Å². The number of carbonyl (C=O) groups excluding carboxylic acids is 1. The average Bonchev–Trinajstić information content (AvgIpc) is 2.44. The molecule has 1 heterocycles. The van der Waals surface area contributed by atoms with Crippen molar-refractivity contribution in [1.29, 1.82) is 0 Å². The smallest absolute Gasteiger partial charge is 0.253 e. The molecule has 2 rings (SSSR count). The normalized spacial score (nSPS) is 12.0. The summed E-state index contributed by atoms with van der Waals surface area (Å²) in [5.74, 6) is -0.221. The number of amides is 1. The van der Waals surface area contributed by atoms with Crippen LogP contribution in [0, 0.1) is 6.92 Å². The molecule has 0 fully saturated rings. The molecule has 0 aliphatic rings. The molecule has 5 heteroatoms. The number of rotatable bonds is 4. The maximum atomic E-state index is 12.0. The third-order valence-electron chi connectivity index (χ3n) is 3.01. The van der Waals surface area contributed by atoms with Gasteiger partial charge in [-0.2, -0.15) is 0 Å². The van der Waals surface area contributed by atoms with Crippen LogP contribution in [-0.4, -0.2) is 28.6 Å². The minimum Gasteiger partial charge on any atom is -0.392 e. The fourth-order valence-electron chi connectivity index (χ4n) is 1.95. The van der Waals surface area contributed by atoms with Crippen LogP contribution in [0.3, 0.4) is 0 Å². The molecule has 110 valence electrons. The van der Waals surface area contributed by atoms with Crippen LogP contribution >= 0.6 is 15.9 Å². The van der Waals surface area contributed by atoms with Gasteiger partial charge in [0.1, 0.15) is 0 Å². The maximum Gasteiger partial charge on any atom is 0.253 e. The highest BCUT2D eigenvalue weighted by Gasteiger charge is 2.11. The molecule has 1 aromatic heterocycles. The molecule has 0 spiro atoms. The van der Waals surface area contributed by atoms with Gasteiger partial charge >= 0.3 is 0 Å². The van der Waals surface area contributed by atoms with Crippen molar-refractivity contribution >= 4 is 21.8 Å². The number of aromatic nitrogens is 1. The van der Waals surface area contributed by atoms with Crippen molar-refractivity contribution in [3.63, 3.8) is 0 Å². The van der Waals surface area contributed by atoms with Crippen molar-refractivity contribution in [1.82, 2.24) is 10.3 Å². The van der Waals surface area contributed by atoms with E-state index < -0.39 is 6.10 Å². The van der Waals surface area contributed by atoms with Crippen LogP contribution in [0.15, 0.2) is 40.9 Å². The van der Waals surface area contributed by atoms with Crippen LogP contribution in [0.2, 0.25) is 0 Å². The number of carbonyl (C=O) groups is 1. The molecule has 2 N–H and O–H groups in total. The predicted octanol–water partition coefficient (Wildman–Crippen LogP) is 2.93. The van der Waals surface area contributed by atoms with Gasteiger partial charge in [0.05, 0.1) is 23.1 Å². The number of aliphatic hydroxyl groups is 1. The van der Waals surface area contributed by atoms with Crippen molar-refractivity contribution < 1.29 is 9.90 Å². The van der Waals surface area contributed by atoms with E-state index >= 15 is 0 Å². The Labute approximate surface area is 132 Å². The van der Waals surface area contributed by atoms with Gasteiger partial charge in [0, 0.05) is 16.6 Å². The first-order valence-corrected chi connectivity index (χ1v) is 7.46. The Kier molecular flexibility index (Phi) is 5.09. The molecular weight excluding hydrogens is 332 g/mol. The number of pyridine rings is 1. The van der Waals surface area contributed by atoms with Gasteiger partial charge in [0.25, 0.3) is 5.91 Å². The van der Waals surface area contributed by atoms with E-state index in [1.165, 1.54) is 0 Å². The first-order chi connectivity index (χ1) is 9.97. The number of hydrogen-bond acceptors (Lipinski definition) is 3. The third-order valence-corrected chi connectivity index (χ3v) is 3.50. The lowest BCUT2D eigenvalue weighted by molar-refractivity contribution is 0.0923. The lowest BCUT2D eigenvalue weighted by atomic mass is 10.1. The first kappa shape index (κ1) is 15.7. The van der Waals surface area contributed by atoms with E-state index in [1.54, 1.807) is 19.9 Å². The van der Waals surface area contributed by atoms with Gasteiger partial charge in [-0.1, -0.05) is 28.1 Å². The summed E-state index contributed by atoms with van der Waals surface area (Å²) >= 11 is 3.43. The highest BCUT2D eigenvalue weighted by molar-refractivity contribution is 9.10. The second-order valence-electron chi connectivity index (χ2n) is 4.90. The molecule has 0 bridgehead atoms. The first-order valence-electron chi connectivity index (χ1n) is 6.67. The molecule has 0 saturated carbocycles. The van der Waals surface area contributed by atoms with E-state index in [-0.39, 0.29) is 12.5 Å². The van der Waals surface area contributed by atoms with E-state index in [9.17, 15) is 9.90 Å². The van der Waals surface area contributed by atoms with Crippen molar-refractivity contribution in [3.8, 4) is 11.3 Å². The summed E-state index contributed by atoms with van der Waals surface area (Å²) in [4.78, 5) is 16.5. The number of hydrogen-bond donors (Lipinski definition) is 2. The monoisotopic (exact) mass is 348 g/mol. The zero-order valence-electron chi connectivity index (χ0n) is 11.9. The second-order valence-corrected chi connectivity index (χ2v) is 5.81. The Balaban J connectivity index is 2.23. The molecular formula is C16H17BrN2O2. The molecule has 2 aromatic rings. The molecule has 0 saturated heterocycles. The van der Waals surface area contributed by atoms with Crippen LogP contribution in [0.5, 0.6) is 0 Å². The van der Waals surface area contributed by atoms with E-state index in [4.69, 9.17) is 0 Å². The van der Waals surface area contributed by atoms with Crippen molar-refractivity contribution in [2.75, 3.05) is 6.54 Å². The highest BCUT2D eigenvalue weighted by Crippen LogP contribution is 2.22. The lowest BCUT2D eigenvalue weighted by Gasteiger charge is -2.10. The van der Waals surface area contributed by atoms with Crippen LogP contribution < -0.4 is 5.32 Å². The summed E-state index contributed by atoms with van der Waals surface area (Å²) in [6.45, 7) is 3.66. The van der Waals surface area contributed by atoms with E-state index in [1.807, 2.05) is 30.3 Å². The van der Waals surface area contributed by atoms with Crippen LogP contribution in [0.25, 0.3) is 11.3 Å². The molecule has 0 aliphatic heterocycles. The average molecular weight is 349 g/mol. The molecule has 0 radical (unpaired) electrons. The number of halogens is 1. The van der Waals surface area contributed by atoms with Gasteiger partial charge in [-0.15, -0.1) is 0 Å². The van der Waals surface area contributed by atoms with Crippen LogP contribution in [-0.2, 0) is 0 Å². The summed E-state index contributed by atoms with van der Waals surface area (Å²) in [6.07, 6.45) is -0.567. The zero-order chi connectivity index (χ0) is 15.4. The molecule has 1 aromatic carbocycles. The number of benzene rings is 1. The van der Waals surface area contributed by atoms with E-state index in [0.717, 1.165) is 15.7 Å². The number of aryl methyl sites for hydroxylation is 1. The SMILES string of the molecule is Cc1nc(-c2cccc(Br)c2)ccc1C(=O)NCC(C)O. The molecule has 21 heavy (non-hydrogen) atoms. The van der Waals surface area contributed by atoms with Gasteiger partial charge < -0.3 is 10.4 Å². The quantitative estimate of drug-likeness (QED) is 0.892. The lowest BCUT2D eigenvalue weighted by Crippen LogP contribution is -2.31. The minimum atomic E-state index is -0.567. The number of nitrogens with one attached hydrogen (secondary N) is 1. The van der Waals surface area contributed by atoms with E-state index in [0.29, 0.717) is 11.3 Å². The van der Waals surface area contributed by atoms with Crippen LogP contribution in [0.4, 0.5) is 0 Å². The largest absolute Gasteiger partial charge is 0.392 e. The van der Waals surface area contributed by atoms with Gasteiger partial charge in [0.15, 0.2) is 0 Å². The van der Waals surface area contributed by atoms with Gasteiger partial charge in [-0.3, -0.25) is 9.78 Å². The summed E-state index contributed by atoms with van der Waals surface area (Å²) in [5.41, 5.74) is 2.99. The van der Waals surface area contributed by atoms with Gasteiger partial charge in [0.2, 0.25) is 0 Å². The fraction of sp³-hybridized carbons (Fsp3) is 0.250. The number of aliphatic hydroxyl groups excluding tert-OH is 1. The summed E-state index contributed by atoms with van der Waals surface area (Å²) in [5, 5.41) is 11.9. The van der Waals surface area contributed by atoms with Crippen molar-refractivity contribution in [3.05, 3.63) is 52.1 Å². The summed E-state index contributed by atoms with van der Waals surface area (Å²) < 4.78 is 0.984. The minimum absolute atomic E-state index is 0.221. The summed E-state index contributed by atoms with van der Waals surface area (Å²) in [6, 6.07) is 11.4. The topological polar surface area (TPSA) is 62.2 Å². The maximum absolute atomic E-state index is 12.0. The van der Waals surface area contributed by atoms with Crippen molar-refractivity contribution in [2.45, 2.75) is 20.0 Å². The van der Waals surface area contributed by atoms with E-state index in [2.05, 4.69) is 26.2 Å². The molecule has 1 amide bonds. The highest BCUT2D eigenvalue weighted by atomic mass is 79.9. The third kappa shape index (κ3) is 4.12. The molecule has 4 nitrogen and oxygen atoms in total. The standard InChI is InChI=1S/C16H17BrN2O2/c1-10(20)9-18-16(21)14-6-7-15(19-11(14)2)12-4-3-5-13(17)8-12/h3-8,10,20H,9H2,1-2H3,(H,18,21). The Bertz CT molecular complexity index is 656. The summed E-state index contributed by atoms with van der Waals surface area (Å²) in [7, 11) is 0. The zero-order valence-corrected chi connectivity index (χ0v) is 13.5.